The number of hydrogen-bond acceptors (Lipinski definition) is 4. The van der Waals surface area contributed by atoms with Crippen molar-refractivity contribution in [1.82, 2.24) is 4.98 Å². The molecule has 0 aliphatic carbocycles. The van der Waals surface area contributed by atoms with Crippen molar-refractivity contribution in [3.05, 3.63) is 40.5 Å². The van der Waals surface area contributed by atoms with Crippen LogP contribution in [0.25, 0.3) is 10.9 Å². The van der Waals surface area contributed by atoms with Gasteiger partial charge in [-0.1, -0.05) is 22.0 Å². The van der Waals surface area contributed by atoms with Gasteiger partial charge in [-0.25, -0.2) is 4.79 Å². The summed E-state index contributed by atoms with van der Waals surface area (Å²) in [5, 5.41) is 0.758. The minimum absolute atomic E-state index is 0.0627. The van der Waals surface area contributed by atoms with E-state index < -0.39 is 24.1 Å². The molecule has 0 amide bonds. The molecule has 0 radical (unpaired) electrons. The number of nitrogens with zero attached hydrogens (tertiary/aromatic N) is 1. The van der Waals surface area contributed by atoms with E-state index >= 15 is 0 Å². The summed E-state index contributed by atoms with van der Waals surface area (Å²) in [6, 6.07) is 8.23. The number of rotatable bonds is 4. The highest BCUT2D eigenvalue weighted by Crippen LogP contribution is 2.32. The molecule has 8 heteroatoms. The number of alkyl halides is 3. The van der Waals surface area contributed by atoms with E-state index in [0.717, 1.165) is 9.86 Å². The van der Waals surface area contributed by atoms with Crippen LogP contribution in [0.4, 0.5) is 13.2 Å². The average molecular weight is 391 g/mol. The Bertz CT molecular complexity index is 736. The molecular formula is C15H14BrF3N2O2. The van der Waals surface area contributed by atoms with Gasteiger partial charge in [-0.2, -0.15) is 13.2 Å². The molecule has 0 unspecified atom stereocenters. The zero-order valence-electron chi connectivity index (χ0n) is 12.2. The summed E-state index contributed by atoms with van der Waals surface area (Å²) in [5.74, 6) is -1.51. The van der Waals surface area contributed by atoms with Crippen LogP contribution < -0.4 is 5.73 Å². The Hall–Kier alpha value is -1.67. The van der Waals surface area contributed by atoms with E-state index in [0.29, 0.717) is 5.52 Å². The maximum absolute atomic E-state index is 13.3. The number of carbonyl (C=O) groups excluding carboxylic acids is 1. The van der Waals surface area contributed by atoms with Gasteiger partial charge in [0.05, 0.1) is 12.1 Å². The van der Waals surface area contributed by atoms with E-state index in [2.05, 4.69) is 25.7 Å². The standard InChI is InChI=1S/C15H14BrF3N2O2/c1-2-23-13(22)14(20,15(17,18)19)8-11-5-3-9-7-10(16)4-6-12(9)21-11/h3-7H,2,8,20H2,1H3/t14-/m0/s1. The van der Waals surface area contributed by atoms with Crippen molar-refractivity contribution in [2.45, 2.75) is 25.1 Å². The summed E-state index contributed by atoms with van der Waals surface area (Å²) < 4.78 is 45.1. The largest absolute Gasteiger partial charge is 0.464 e. The Kier molecular flexibility index (Phi) is 4.95. The van der Waals surface area contributed by atoms with Crippen molar-refractivity contribution in [3.63, 3.8) is 0 Å². The molecule has 0 spiro atoms. The van der Waals surface area contributed by atoms with E-state index in [9.17, 15) is 18.0 Å². The highest BCUT2D eigenvalue weighted by atomic mass is 79.9. The van der Waals surface area contributed by atoms with Gasteiger partial charge in [0.25, 0.3) is 0 Å². The number of esters is 1. The molecule has 0 fully saturated rings. The zero-order chi connectivity index (χ0) is 17.3. The van der Waals surface area contributed by atoms with Crippen LogP contribution in [0, 0.1) is 0 Å². The molecule has 124 valence electrons. The second-order valence-corrected chi connectivity index (χ2v) is 5.92. The quantitative estimate of drug-likeness (QED) is 0.812. The molecule has 0 aliphatic rings. The van der Waals surface area contributed by atoms with E-state index in [1.165, 1.54) is 13.0 Å². The van der Waals surface area contributed by atoms with Crippen LogP contribution >= 0.6 is 15.9 Å². The van der Waals surface area contributed by atoms with Crippen LogP contribution in [0.3, 0.4) is 0 Å². The van der Waals surface area contributed by atoms with E-state index in [4.69, 9.17) is 5.73 Å². The first-order valence-corrected chi connectivity index (χ1v) is 7.54. The first kappa shape index (κ1) is 17.7. The second kappa shape index (κ2) is 6.45. The number of carbonyl (C=O) groups is 1. The van der Waals surface area contributed by atoms with Gasteiger partial charge < -0.3 is 10.5 Å². The zero-order valence-corrected chi connectivity index (χ0v) is 13.7. The van der Waals surface area contributed by atoms with Crippen molar-refractivity contribution in [1.29, 1.82) is 0 Å². The fraction of sp³-hybridized carbons (Fsp3) is 0.333. The molecule has 2 aromatic rings. The Morgan fingerprint density at radius 1 is 1.30 bits per heavy atom. The van der Waals surface area contributed by atoms with Crippen LogP contribution in [0.2, 0.25) is 0 Å². The third-order valence-electron chi connectivity index (χ3n) is 3.31. The summed E-state index contributed by atoms with van der Waals surface area (Å²) >= 11 is 3.30. The predicted octanol–water partition coefficient (Wildman–Crippen LogP) is 3.36. The number of pyridine rings is 1. The Morgan fingerprint density at radius 2 is 2.00 bits per heavy atom. The summed E-state index contributed by atoms with van der Waals surface area (Å²) in [6.07, 6.45) is -5.74. The second-order valence-electron chi connectivity index (χ2n) is 5.01. The molecule has 0 bridgehead atoms. The van der Waals surface area contributed by atoms with Crippen LogP contribution in [0.1, 0.15) is 12.6 Å². The van der Waals surface area contributed by atoms with Crippen LogP contribution in [-0.2, 0) is 16.0 Å². The molecule has 0 saturated carbocycles. The molecule has 0 saturated heterocycles. The van der Waals surface area contributed by atoms with Gasteiger partial charge in [-0.05, 0) is 31.2 Å². The molecule has 1 atom stereocenters. The first-order chi connectivity index (χ1) is 10.7. The van der Waals surface area contributed by atoms with E-state index in [-0.39, 0.29) is 12.3 Å². The van der Waals surface area contributed by atoms with Crippen molar-refractivity contribution >= 4 is 32.8 Å². The van der Waals surface area contributed by atoms with Crippen LogP contribution in [0.5, 0.6) is 0 Å². The predicted molar refractivity (Wildman–Crippen MR) is 82.8 cm³/mol. The van der Waals surface area contributed by atoms with Gasteiger partial charge in [0, 0.05) is 22.0 Å². The number of benzene rings is 1. The summed E-state index contributed by atoms with van der Waals surface area (Å²) in [7, 11) is 0. The third kappa shape index (κ3) is 3.64. The van der Waals surface area contributed by atoms with Gasteiger partial charge in [-0.3, -0.25) is 4.98 Å². The fourth-order valence-corrected chi connectivity index (χ4v) is 2.45. The summed E-state index contributed by atoms with van der Waals surface area (Å²) in [5.41, 5.74) is 2.81. The maximum Gasteiger partial charge on any atom is 0.417 e. The average Bonchev–Trinajstić information content (AvgIpc) is 2.46. The molecule has 2 rings (SSSR count). The summed E-state index contributed by atoms with van der Waals surface area (Å²) in [6.45, 7) is 1.23. The lowest BCUT2D eigenvalue weighted by Crippen LogP contribution is -2.61. The molecule has 23 heavy (non-hydrogen) atoms. The Balaban J connectivity index is 2.40. The molecule has 4 nitrogen and oxygen atoms in total. The number of hydrogen-bond donors (Lipinski definition) is 1. The molecule has 1 aromatic carbocycles. The lowest BCUT2D eigenvalue weighted by Gasteiger charge is -2.29. The smallest absolute Gasteiger partial charge is 0.417 e. The van der Waals surface area contributed by atoms with Gasteiger partial charge in [0.15, 0.2) is 0 Å². The number of nitrogens with two attached hydrogens (primary N) is 1. The maximum atomic E-state index is 13.3. The number of fused-ring (bicyclic) bond motifs is 1. The van der Waals surface area contributed by atoms with Gasteiger partial charge in [-0.15, -0.1) is 0 Å². The topological polar surface area (TPSA) is 65.2 Å². The number of aromatic nitrogens is 1. The Morgan fingerprint density at radius 3 is 2.61 bits per heavy atom. The minimum atomic E-state index is -4.95. The number of halogens is 4. The fourth-order valence-electron chi connectivity index (χ4n) is 2.07. The van der Waals surface area contributed by atoms with Gasteiger partial charge in [0.2, 0.25) is 5.54 Å². The molecular weight excluding hydrogens is 377 g/mol. The molecule has 2 N–H and O–H groups in total. The SMILES string of the molecule is CCOC(=O)[C@@](N)(Cc1ccc2cc(Br)ccc2n1)C(F)(F)F. The number of ether oxygens (including phenoxy) is 1. The van der Waals surface area contributed by atoms with Crippen molar-refractivity contribution in [3.8, 4) is 0 Å². The normalized spacial score (nSPS) is 14.5. The molecule has 1 heterocycles. The molecule has 1 aromatic heterocycles. The molecule has 0 aliphatic heterocycles. The van der Waals surface area contributed by atoms with Crippen LogP contribution in [-0.4, -0.2) is 29.3 Å². The van der Waals surface area contributed by atoms with Crippen molar-refractivity contribution < 1.29 is 22.7 Å². The van der Waals surface area contributed by atoms with Gasteiger partial charge >= 0.3 is 12.1 Å². The van der Waals surface area contributed by atoms with E-state index in [1.807, 2.05) is 0 Å². The first-order valence-electron chi connectivity index (χ1n) is 6.75. The van der Waals surface area contributed by atoms with Crippen LogP contribution in [0.15, 0.2) is 34.8 Å². The highest BCUT2D eigenvalue weighted by molar-refractivity contribution is 9.10. The van der Waals surface area contributed by atoms with Crippen molar-refractivity contribution in [2.24, 2.45) is 5.73 Å². The monoisotopic (exact) mass is 390 g/mol. The van der Waals surface area contributed by atoms with Crippen molar-refractivity contribution in [2.75, 3.05) is 6.61 Å². The highest BCUT2D eigenvalue weighted by Gasteiger charge is 2.59. The van der Waals surface area contributed by atoms with Gasteiger partial charge in [0.1, 0.15) is 0 Å². The lowest BCUT2D eigenvalue weighted by atomic mass is 9.93. The third-order valence-corrected chi connectivity index (χ3v) is 3.81. The van der Waals surface area contributed by atoms with E-state index in [1.54, 1.807) is 24.3 Å². The minimum Gasteiger partial charge on any atom is -0.464 e. The Labute approximate surface area is 139 Å². The lowest BCUT2D eigenvalue weighted by molar-refractivity contribution is -0.205. The summed E-state index contributed by atoms with van der Waals surface area (Å²) in [4.78, 5) is 15.9.